The third kappa shape index (κ3) is 5.27. The Morgan fingerprint density at radius 2 is 1.59 bits per heavy atom. The molecule has 2 fully saturated rings. The van der Waals surface area contributed by atoms with Crippen LogP contribution in [0.25, 0.3) is 0 Å². The second-order valence-corrected chi connectivity index (χ2v) is 7.52. The first-order valence-corrected chi connectivity index (χ1v) is 8.58. The van der Waals surface area contributed by atoms with Crippen LogP contribution >= 0.6 is 0 Å². The van der Waals surface area contributed by atoms with E-state index in [4.69, 9.17) is 4.74 Å². The van der Waals surface area contributed by atoms with Crippen LogP contribution in [-0.2, 0) is 14.3 Å². The molecule has 1 heterocycles. The molecule has 0 spiro atoms. The maximum Gasteiger partial charge on any atom is 0.320 e. The number of piperazine rings is 1. The van der Waals surface area contributed by atoms with Gasteiger partial charge in [-0.25, -0.2) is 0 Å². The SMILES string of the molecule is CC(C)(C)OC(=O)CN1CCN(C(=O)C2CCCCC2)CC1. The number of rotatable bonds is 3. The second-order valence-electron chi connectivity index (χ2n) is 7.52. The molecule has 1 saturated heterocycles. The third-order valence-electron chi connectivity index (χ3n) is 4.41. The van der Waals surface area contributed by atoms with Crippen molar-refractivity contribution in [1.82, 2.24) is 9.80 Å². The monoisotopic (exact) mass is 310 g/mol. The molecule has 1 aliphatic carbocycles. The lowest BCUT2D eigenvalue weighted by atomic mass is 9.88. The molecule has 5 nitrogen and oxygen atoms in total. The minimum atomic E-state index is -0.435. The van der Waals surface area contributed by atoms with E-state index in [1.165, 1.54) is 19.3 Å². The van der Waals surface area contributed by atoms with E-state index >= 15 is 0 Å². The molecule has 0 bridgehead atoms. The van der Waals surface area contributed by atoms with Crippen LogP contribution in [0.5, 0.6) is 0 Å². The summed E-state index contributed by atoms with van der Waals surface area (Å²) in [5.74, 6) is 0.391. The zero-order valence-electron chi connectivity index (χ0n) is 14.3. The first-order chi connectivity index (χ1) is 10.3. The number of carbonyl (C=O) groups is 2. The summed E-state index contributed by atoms with van der Waals surface area (Å²) in [5.41, 5.74) is -0.435. The van der Waals surface area contributed by atoms with E-state index in [1.807, 2.05) is 25.7 Å². The number of carbonyl (C=O) groups excluding carboxylic acids is 2. The molecule has 126 valence electrons. The molecule has 2 rings (SSSR count). The molecule has 0 radical (unpaired) electrons. The Kier molecular flexibility index (Phi) is 5.84. The summed E-state index contributed by atoms with van der Waals surface area (Å²) in [7, 11) is 0. The number of hydrogen-bond acceptors (Lipinski definition) is 4. The highest BCUT2D eigenvalue weighted by Gasteiger charge is 2.29. The number of nitrogens with zero attached hydrogens (tertiary/aromatic N) is 2. The van der Waals surface area contributed by atoms with Crippen molar-refractivity contribution in [3.05, 3.63) is 0 Å². The van der Waals surface area contributed by atoms with Gasteiger partial charge in [0.15, 0.2) is 0 Å². The van der Waals surface area contributed by atoms with Crippen LogP contribution in [0, 0.1) is 5.92 Å². The van der Waals surface area contributed by atoms with Gasteiger partial charge in [-0.15, -0.1) is 0 Å². The van der Waals surface area contributed by atoms with Gasteiger partial charge >= 0.3 is 5.97 Å². The zero-order valence-corrected chi connectivity index (χ0v) is 14.3. The van der Waals surface area contributed by atoms with Crippen LogP contribution in [0.4, 0.5) is 0 Å². The summed E-state index contributed by atoms with van der Waals surface area (Å²) in [6.45, 7) is 8.96. The Balaban J connectivity index is 1.73. The topological polar surface area (TPSA) is 49.9 Å². The lowest BCUT2D eigenvalue weighted by molar-refractivity contribution is -0.156. The molecule has 22 heavy (non-hydrogen) atoms. The normalized spacial score (nSPS) is 21.7. The van der Waals surface area contributed by atoms with E-state index in [0.717, 1.165) is 39.0 Å². The molecule has 0 N–H and O–H groups in total. The predicted octanol–water partition coefficient (Wildman–Crippen LogP) is 2.05. The van der Waals surface area contributed by atoms with Gasteiger partial charge in [0.25, 0.3) is 0 Å². The van der Waals surface area contributed by atoms with E-state index in [-0.39, 0.29) is 11.9 Å². The van der Waals surface area contributed by atoms with Gasteiger partial charge in [-0.2, -0.15) is 0 Å². The van der Waals surface area contributed by atoms with Gasteiger partial charge in [-0.1, -0.05) is 19.3 Å². The summed E-state index contributed by atoms with van der Waals surface area (Å²) in [6.07, 6.45) is 5.76. The summed E-state index contributed by atoms with van der Waals surface area (Å²) < 4.78 is 5.35. The molecule has 1 aliphatic heterocycles. The highest BCUT2D eigenvalue weighted by Crippen LogP contribution is 2.25. The highest BCUT2D eigenvalue weighted by atomic mass is 16.6. The van der Waals surface area contributed by atoms with Crippen molar-refractivity contribution in [2.75, 3.05) is 32.7 Å². The van der Waals surface area contributed by atoms with Crippen LogP contribution in [-0.4, -0.2) is 60.0 Å². The first kappa shape index (κ1) is 17.3. The molecule has 0 atom stereocenters. The van der Waals surface area contributed by atoms with Crippen molar-refractivity contribution >= 4 is 11.9 Å². The van der Waals surface area contributed by atoms with Crippen molar-refractivity contribution in [3.63, 3.8) is 0 Å². The summed E-state index contributed by atoms with van der Waals surface area (Å²) >= 11 is 0. The Morgan fingerprint density at radius 3 is 2.14 bits per heavy atom. The van der Waals surface area contributed by atoms with Crippen molar-refractivity contribution in [3.8, 4) is 0 Å². The van der Waals surface area contributed by atoms with Crippen LogP contribution < -0.4 is 0 Å². The van der Waals surface area contributed by atoms with E-state index in [0.29, 0.717) is 12.5 Å². The van der Waals surface area contributed by atoms with Crippen LogP contribution in [0.15, 0.2) is 0 Å². The van der Waals surface area contributed by atoms with Crippen LogP contribution in [0.2, 0.25) is 0 Å². The zero-order chi connectivity index (χ0) is 16.2. The fraction of sp³-hybridized carbons (Fsp3) is 0.882. The van der Waals surface area contributed by atoms with E-state index in [2.05, 4.69) is 4.90 Å². The molecular formula is C17H30N2O3. The molecule has 2 aliphatic rings. The molecule has 1 saturated carbocycles. The first-order valence-electron chi connectivity index (χ1n) is 8.58. The lowest BCUT2D eigenvalue weighted by Crippen LogP contribution is -2.51. The molecular weight excluding hydrogens is 280 g/mol. The largest absolute Gasteiger partial charge is 0.459 e. The number of amides is 1. The molecule has 0 unspecified atom stereocenters. The molecule has 1 amide bonds. The van der Waals surface area contributed by atoms with E-state index in [1.54, 1.807) is 0 Å². The van der Waals surface area contributed by atoms with Gasteiger partial charge in [0.05, 0.1) is 6.54 Å². The number of esters is 1. The Bertz CT molecular complexity index is 389. The standard InChI is InChI=1S/C17H30N2O3/c1-17(2,3)22-15(20)13-18-9-11-19(12-10-18)16(21)14-7-5-4-6-8-14/h14H,4-13H2,1-3H3. The average molecular weight is 310 g/mol. The Labute approximate surface area is 134 Å². The maximum absolute atomic E-state index is 12.5. The van der Waals surface area contributed by atoms with Crippen molar-refractivity contribution in [2.45, 2.75) is 58.5 Å². The van der Waals surface area contributed by atoms with E-state index < -0.39 is 5.60 Å². The number of hydrogen-bond donors (Lipinski definition) is 0. The van der Waals surface area contributed by atoms with Gasteiger partial charge in [-0.05, 0) is 33.6 Å². The van der Waals surface area contributed by atoms with Gasteiger partial charge in [0.2, 0.25) is 5.91 Å². The number of ether oxygens (including phenoxy) is 1. The van der Waals surface area contributed by atoms with Crippen LogP contribution in [0.1, 0.15) is 52.9 Å². The summed E-state index contributed by atoms with van der Waals surface area (Å²) in [6, 6.07) is 0. The summed E-state index contributed by atoms with van der Waals surface area (Å²) in [5, 5.41) is 0. The molecule has 0 aromatic rings. The van der Waals surface area contributed by atoms with Gasteiger partial charge < -0.3 is 9.64 Å². The highest BCUT2D eigenvalue weighted by molar-refractivity contribution is 5.79. The average Bonchev–Trinajstić information content (AvgIpc) is 2.46. The fourth-order valence-corrected chi connectivity index (χ4v) is 3.29. The Hall–Kier alpha value is -1.10. The second kappa shape index (κ2) is 7.44. The quantitative estimate of drug-likeness (QED) is 0.749. The smallest absolute Gasteiger partial charge is 0.320 e. The van der Waals surface area contributed by atoms with Gasteiger partial charge in [0, 0.05) is 32.1 Å². The van der Waals surface area contributed by atoms with Crippen molar-refractivity contribution in [1.29, 1.82) is 0 Å². The van der Waals surface area contributed by atoms with E-state index in [9.17, 15) is 9.59 Å². The molecule has 5 heteroatoms. The van der Waals surface area contributed by atoms with Crippen molar-refractivity contribution in [2.24, 2.45) is 5.92 Å². The fourth-order valence-electron chi connectivity index (χ4n) is 3.29. The Morgan fingerprint density at radius 1 is 1.00 bits per heavy atom. The van der Waals surface area contributed by atoms with Crippen LogP contribution in [0.3, 0.4) is 0 Å². The van der Waals surface area contributed by atoms with Gasteiger partial charge in [0.1, 0.15) is 5.60 Å². The maximum atomic E-state index is 12.5. The predicted molar refractivity (Wildman–Crippen MR) is 85.4 cm³/mol. The van der Waals surface area contributed by atoms with Gasteiger partial charge in [-0.3, -0.25) is 14.5 Å². The van der Waals surface area contributed by atoms with Crippen molar-refractivity contribution < 1.29 is 14.3 Å². The minimum absolute atomic E-state index is 0.181. The lowest BCUT2D eigenvalue weighted by Gasteiger charge is -2.37. The molecule has 0 aromatic heterocycles. The molecule has 0 aromatic carbocycles. The minimum Gasteiger partial charge on any atom is -0.459 e. The summed E-state index contributed by atoms with van der Waals surface area (Å²) in [4.78, 5) is 28.4. The third-order valence-corrected chi connectivity index (χ3v) is 4.41.